The maximum atomic E-state index is 10.1. The van der Waals surface area contributed by atoms with Crippen molar-refractivity contribution >= 4 is 18.1 Å². The monoisotopic (exact) mass is 216 g/mol. The SMILES string of the molecule is COc1cc(OC=O)cc(Cl)c1OC. The molecule has 0 unspecified atom stereocenters. The van der Waals surface area contributed by atoms with Crippen molar-refractivity contribution in [3.05, 3.63) is 17.2 Å². The number of rotatable bonds is 4. The zero-order valence-electron chi connectivity index (χ0n) is 7.74. The van der Waals surface area contributed by atoms with E-state index in [0.717, 1.165) is 0 Å². The first kappa shape index (κ1) is 10.7. The third-order valence-electron chi connectivity index (χ3n) is 1.59. The molecule has 0 fully saturated rings. The molecule has 0 saturated carbocycles. The Morgan fingerprint density at radius 1 is 1.29 bits per heavy atom. The summed E-state index contributed by atoms with van der Waals surface area (Å²) in [7, 11) is 2.95. The van der Waals surface area contributed by atoms with Gasteiger partial charge in [-0.3, -0.25) is 4.79 Å². The minimum absolute atomic E-state index is 0.308. The highest BCUT2D eigenvalue weighted by atomic mass is 35.5. The van der Waals surface area contributed by atoms with E-state index < -0.39 is 0 Å². The van der Waals surface area contributed by atoms with Crippen LogP contribution in [-0.2, 0) is 4.79 Å². The lowest BCUT2D eigenvalue weighted by Gasteiger charge is -2.10. The van der Waals surface area contributed by atoms with Gasteiger partial charge in [0.2, 0.25) is 0 Å². The lowest BCUT2D eigenvalue weighted by Crippen LogP contribution is -1.94. The van der Waals surface area contributed by atoms with Crippen LogP contribution in [0.25, 0.3) is 0 Å². The fourth-order valence-electron chi connectivity index (χ4n) is 1.02. The molecule has 1 rings (SSSR count). The summed E-state index contributed by atoms with van der Waals surface area (Å²) in [5.74, 6) is 1.13. The summed E-state index contributed by atoms with van der Waals surface area (Å²) in [5, 5.41) is 0.323. The fourth-order valence-corrected chi connectivity index (χ4v) is 1.30. The van der Waals surface area contributed by atoms with E-state index in [1.165, 1.54) is 26.4 Å². The molecule has 0 heterocycles. The molecule has 14 heavy (non-hydrogen) atoms. The summed E-state index contributed by atoms with van der Waals surface area (Å²) in [5.41, 5.74) is 0. The van der Waals surface area contributed by atoms with E-state index in [-0.39, 0.29) is 0 Å². The van der Waals surface area contributed by atoms with E-state index in [1.54, 1.807) is 0 Å². The molecule has 5 heteroatoms. The topological polar surface area (TPSA) is 44.8 Å². The molecule has 0 bridgehead atoms. The summed E-state index contributed by atoms with van der Waals surface area (Å²) in [6.07, 6.45) is 0. The smallest absolute Gasteiger partial charge is 0.298 e. The molecule has 0 amide bonds. The Morgan fingerprint density at radius 2 is 2.00 bits per heavy atom. The van der Waals surface area contributed by atoms with Crippen LogP contribution < -0.4 is 14.2 Å². The van der Waals surface area contributed by atoms with Crippen molar-refractivity contribution in [1.82, 2.24) is 0 Å². The van der Waals surface area contributed by atoms with Crippen molar-refractivity contribution in [2.45, 2.75) is 0 Å². The van der Waals surface area contributed by atoms with E-state index in [9.17, 15) is 4.79 Å². The van der Waals surface area contributed by atoms with E-state index in [0.29, 0.717) is 28.7 Å². The zero-order chi connectivity index (χ0) is 10.6. The van der Waals surface area contributed by atoms with Crippen molar-refractivity contribution in [2.24, 2.45) is 0 Å². The molecule has 0 aliphatic heterocycles. The molecule has 0 spiro atoms. The Kier molecular flexibility index (Phi) is 3.59. The van der Waals surface area contributed by atoms with Crippen LogP contribution in [0, 0.1) is 0 Å². The van der Waals surface area contributed by atoms with Gasteiger partial charge in [0.1, 0.15) is 5.75 Å². The fraction of sp³-hybridized carbons (Fsp3) is 0.222. The molecule has 0 radical (unpaired) electrons. The second-order valence-corrected chi connectivity index (χ2v) is 2.76. The van der Waals surface area contributed by atoms with E-state index in [4.69, 9.17) is 21.1 Å². The summed E-state index contributed by atoms with van der Waals surface area (Å²) >= 11 is 5.85. The number of halogens is 1. The Hall–Kier alpha value is -1.42. The van der Waals surface area contributed by atoms with Crippen molar-refractivity contribution in [2.75, 3.05) is 14.2 Å². The van der Waals surface area contributed by atoms with Crippen LogP contribution >= 0.6 is 11.6 Å². The molecular formula is C9H9ClO4. The lowest BCUT2D eigenvalue weighted by atomic mass is 10.3. The largest absolute Gasteiger partial charge is 0.493 e. The summed E-state index contributed by atoms with van der Waals surface area (Å²) in [4.78, 5) is 10.1. The third kappa shape index (κ3) is 2.09. The Bertz CT molecular complexity index is 338. The number of hydrogen-bond acceptors (Lipinski definition) is 4. The van der Waals surface area contributed by atoms with Gasteiger partial charge in [-0.1, -0.05) is 11.6 Å². The van der Waals surface area contributed by atoms with E-state index >= 15 is 0 Å². The van der Waals surface area contributed by atoms with Crippen molar-refractivity contribution < 1.29 is 19.0 Å². The van der Waals surface area contributed by atoms with Gasteiger partial charge in [0, 0.05) is 12.1 Å². The van der Waals surface area contributed by atoms with Gasteiger partial charge in [-0.15, -0.1) is 0 Å². The van der Waals surface area contributed by atoms with E-state index in [2.05, 4.69) is 4.74 Å². The molecular weight excluding hydrogens is 208 g/mol. The quantitative estimate of drug-likeness (QED) is 0.721. The Morgan fingerprint density at radius 3 is 2.50 bits per heavy atom. The number of hydrogen-bond donors (Lipinski definition) is 0. The van der Waals surface area contributed by atoms with E-state index in [1.807, 2.05) is 0 Å². The van der Waals surface area contributed by atoms with Crippen molar-refractivity contribution in [3.63, 3.8) is 0 Å². The molecule has 0 atom stereocenters. The predicted octanol–water partition coefficient (Wildman–Crippen LogP) is 1.89. The first-order valence-electron chi connectivity index (χ1n) is 3.74. The molecule has 4 nitrogen and oxygen atoms in total. The summed E-state index contributed by atoms with van der Waals surface area (Å²) < 4.78 is 14.6. The lowest BCUT2D eigenvalue weighted by molar-refractivity contribution is -0.120. The molecule has 0 aromatic heterocycles. The van der Waals surface area contributed by atoms with Gasteiger partial charge in [-0.25, -0.2) is 0 Å². The molecule has 0 aliphatic carbocycles. The van der Waals surface area contributed by atoms with Crippen LogP contribution in [0.3, 0.4) is 0 Å². The Balaban J connectivity index is 3.16. The van der Waals surface area contributed by atoms with Crippen LogP contribution in [0.5, 0.6) is 17.2 Å². The van der Waals surface area contributed by atoms with Crippen LogP contribution in [0.15, 0.2) is 12.1 Å². The maximum absolute atomic E-state index is 10.1. The van der Waals surface area contributed by atoms with Gasteiger partial charge in [0.15, 0.2) is 11.5 Å². The van der Waals surface area contributed by atoms with Gasteiger partial charge in [0.25, 0.3) is 6.47 Å². The van der Waals surface area contributed by atoms with Crippen molar-refractivity contribution in [1.29, 1.82) is 0 Å². The minimum atomic E-state index is 0.308. The van der Waals surface area contributed by atoms with Crippen LogP contribution in [0.1, 0.15) is 0 Å². The molecule has 0 N–H and O–H groups in total. The first-order valence-corrected chi connectivity index (χ1v) is 4.12. The number of carbonyl (C=O) groups is 1. The first-order chi connectivity index (χ1) is 6.72. The maximum Gasteiger partial charge on any atom is 0.298 e. The van der Waals surface area contributed by atoms with Gasteiger partial charge >= 0.3 is 0 Å². The number of ether oxygens (including phenoxy) is 3. The summed E-state index contributed by atoms with van der Waals surface area (Å²) in [6, 6.07) is 2.98. The average Bonchev–Trinajstić information content (AvgIpc) is 2.17. The third-order valence-corrected chi connectivity index (χ3v) is 1.87. The van der Waals surface area contributed by atoms with Gasteiger partial charge in [0.05, 0.1) is 19.2 Å². The minimum Gasteiger partial charge on any atom is -0.493 e. The number of carbonyl (C=O) groups excluding carboxylic acids is 1. The highest BCUT2D eigenvalue weighted by Crippen LogP contribution is 2.38. The molecule has 1 aromatic rings. The average molecular weight is 217 g/mol. The van der Waals surface area contributed by atoms with Gasteiger partial charge in [-0.05, 0) is 0 Å². The molecule has 0 saturated heterocycles. The van der Waals surface area contributed by atoms with Crippen LogP contribution in [0.2, 0.25) is 5.02 Å². The molecule has 0 aliphatic rings. The highest BCUT2D eigenvalue weighted by molar-refractivity contribution is 6.32. The summed E-state index contributed by atoms with van der Waals surface area (Å²) in [6.45, 7) is 0.317. The highest BCUT2D eigenvalue weighted by Gasteiger charge is 2.11. The number of benzene rings is 1. The number of methoxy groups -OCH3 is 2. The van der Waals surface area contributed by atoms with Crippen LogP contribution in [0.4, 0.5) is 0 Å². The predicted molar refractivity (Wildman–Crippen MR) is 51.2 cm³/mol. The zero-order valence-corrected chi connectivity index (χ0v) is 8.50. The van der Waals surface area contributed by atoms with Crippen molar-refractivity contribution in [3.8, 4) is 17.2 Å². The van der Waals surface area contributed by atoms with Gasteiger partial charge in [-0.2, -0.15) is 0 Å². The van der Waals surface area contributed by atoms with Gasteiger partial charge < -0.3 is 14.2 Å². The Labute approximate surface area is 86.3 Å². The normalized spacial score (nSPS) is 9.36. The van der Waals surface area contributed by atoms with Crippen LogP contribution in [-0.4, -0.2) is 20.7 Å². The second kappa shape index (κ2) is 4.72. The second-order valence-electron chi connectivity index (χ2n) is 2.35. The standard InChI is InChI=1S/C9H9ClO4/c1-12-8-4-6(14-5-11)3-7(10)9(8)13-2/h3-5H,1-2H3. The molecule has 1 aromatic carbocycles. The molecule has 76 valence electrons.